The molecular formula is C21H24N8O2S. The van der Waals surface area contributed by atoms with Crippen molar-refractivity contribution in [1.82, 2.24) is 34.3 Å². The Morgan fingerprint density at radius 3 is 2.47 bits per heavy atom. The molecule has 10 nitrogen and oxygen atoms in total. The normalized spacial score (nSPS) is 11.2. The number of hydrogen-bond donors (Lipinski definition) is 1. The third-order valence-corrected chi connectivity index (χ3v) is 5.74. The largest absolute Gasteiger partial charge is 0.390 e. The second-order valence-corrected chi connectivity index (χ2v) is 8.20. The van der Waals surface area contributed by atoms with Crippen molar-refractivity contribution in [2.75, 3.05) is 0 Å². The van der Waals surface area contributed by atoms with E-state index in [1.807, 2.05) is 23.1 Å². The standard InChI is InChI=1S/C21H24N8O2S/c1-13-5-7-17(8-6-13)12-27-16(4)20(15(3)24-27)28-18(22-23-21(28)32)9-10-26-14(2)11-19(25-26)29(30)31/h5-8,11H,9-10,12H2,1-4H3,(H,23,32). The maximum atomic E-state index is 11.0. The van der Waals surface area contributed by atoms with Gasteiger partial charge in [-0.3, -0.25) is 14.3 Å². The topological polar surface area (TPSA) is 112 Å². The minimum Gasteiger partial charge on any atom is -0.358 e. The summed E-state index contributed by atoms with van der Waals surface area (Å²) in [6.07, 6.45) is 0.495. The van der Waals surface area contributed by atoms with Gasteiger partial charge in [0.05, 0.1) is 47.0 Å². The Kier molecular flexibility index (Phi) is 5.74. The van der Waals surface area contributed by atoms with E-state index >= 15 is 0 Å². The van der Waals surface area contributed by atoms with E-state index in [9.17, 15) is 10.1 Å². The molecule has 0 aliphatic carbocycles. The van der Waals surface area contributed by atoms with Crippen LogP contribution in [-0.4, -0.2) is 39.2 Å². The highest BCUT2D eigenvalue weighted by Gasteiger charge is 2.20. The minimum absolute atomic E-state index is 0.162. The van der Waals surface area contributed by atoms with E-state index in [0.29, 0.717) is 30.1 Å². The van der Waals surface area contributed by atoms with E-state index in [0.717, 1.165) is 22.8 Å². The van der Waals surface area contributed by atoms with E-state index < -0.39 is 4.92 Å². The molecule has 0 bridgehead atoms. The lowest BCUT2D eigenvalue weighted by molar-refractivity contribution is -0.389. The highest BCUT2D eigenvalue weighted by atomic mass is 32.1. The molecule has 1 N–H and O–H groups in total. The number of aryl methyl sites for hydroxylation is 5. The highest BCUT2D eigenvalue weighted by molar-refractivity contribution is 7.71. The third-order valence-electron chi connectivity index (χ3n) is 5.46. The molecule has 0 radical (unpaired) electrons. The van der Waals surface area contributed by atoms with Crippen molar-refractivity contribution in [2.24, 2.45) is 0 Å². The first kappa shape index (κ1) is 21.6. The van der Waals surface area contributed by atoms with Crippen molar-refractivity contribution in [2.45, 2.75) is 47.2 Å². The molecule has 166 valence electrons. The van der Waals surface area contributed by atoms with Crippen LogP contribution in [0.25, 0.3) is 5.69 Å². The zero-order valence-electron chi connectivity index (χ0n) is 18.4. The van der Waals surface area contributed by atoms with Crippen LogP contribution in [0.4, 0.5) is 5.82 Å². The molecule has 0 aliphatic rings. The van der Waals surface area contributed by atoms with Gasteiger partial charge < -0.3 is 10.1 Å². The summed E-state index contributed by atoms with van der Waals surface area (Å²) in [6, 6.07) is 9.85. The van der Waals surface area contributed by atoms with Crippen LogP contribution in [0, 0.1) is 42.6 Å². The quantitative estimate of drug-likeness (QED) is 0.260. The number of hydrogen-bond acceptors (Lipinski definition) is 6. The summed E-state index contributed by atoms with van der Waals surface area (Å²) < 4.78 is 5.95. The number of nitrogens with one attached hydrogen (secondary N) is 1. The van der Waals surface area contributed by atoms with E-state index in [1.54, 1.807) is 11.6 Å². The van der Waals surface area contributed by atoms with Crippen LogP contribution < -0.4 is 0 Å². The van der Waals surface area contributed by atoms with Crippen molar-refractivity contribution in [3.63, 3.8) is 0 Å². The Morgan fingerprint density at radius 2 is 1.81 bits per heavy atom. The summed E-state index contributed by atoms with van der Waals surface area (Å²) in [7, 11) is 0. The molecule has 32 heavy (non-hydrogen) atoms. The maximum absolute atomic E-state index is 11.0. The molecule has 0 saturated heterocycles. The Labute approximate surface area is 189 Å². The predicted octanol–water partition coefficient (Wildman–Crippen LogP) is 3.76. The summed E-state index contributed by atoms with van der Waals surface area (Å²) in [5.41, 5.74) is 5.83. The van der Waals surface area contributed by atoms with Gasteiger partial charge in [0.25, 0.3) is 0 Å². The van der Waals surface area contributed by atoms with Gasteiger partial charge in [-0.15, -0.1) is 0 Å². The van der Waals surface area contributed by atoms with Crippen molar-refractivity contribution >= 4 is 18.0 Å². The Balaban J connectivity index is 1.63. The summed E-state index contributed by atoms with van der Waals surface area (Å²) in [5, 5.41) is 27.1. The fraction of sp³-hybridized carbons (Fsp3) is 0.333. The monoisotopic (exact) mass is 452 g/mol. The molecule has 0 unspecified atom stereocenters. The summed E-state index contributed by atoms with van der Waals surface area (Å²) >= 11 is 5.52. The molecule has 11 heteroatoms. The molecule has 0 aliphatic heterocycles. The second kappa shape index (κ2) is 8.50. The van der Waals surface area contributed by atoms with Crippen molar-refractivity contribution in [1.29, 1.82) is 0 Å². The van der Waals surface area contributed by atoms with Gasteiger partial charge in [0.2, 0.25) is 0 Å². The summed E-state index contributed by atoms with van der Waals surface area (Å²) in [5.74, 6) is 0.555. The molecule has 3 aromatic heterocycles. The molecule has 3 heterocycles. The number of aromatic nitrogens is 7. The van der Waals surface area contributed by atoms with Crippen LogP contribution in [-0.2, 0) is 19.5 Å². The first-order valence-electron chi connectivity index (χ1n) is 10.2. The smallest absolute Gasteiger partial charge is 0.358 e. The lowest BCUT2D eigenvalue weighted by atomic mass is 10.1. The molecule has 0 amide bonds. The lowest BCUT2D eigenvalue weighted by Crippen LogP contribution is -2.11. The Morgan fingerprint density at radius 1 is 1.09 bits per heavy atom. The lowest BCUT2D eigenvalue weighted by Gasteiger charge is -2.09. The number of H-pyrrole nitrogens is 1. The molecule has 0 fully saturated rings. The molecular weight excluding hydrogens is 428 g/mol. The van der Waals surface area contributed by atoms with Gasteiger partial charge >= 0.3 is 5.82 Å². The zero-order chi connectivity index (χ0) is 23.0. The van der Waals surface area contributed by atoms with Gasteiger partial charge in [0, 0.05) is 6.42 Å². The molecule has 4 rings (SSSR count). The van der Waals surface area contributed by atoms with Gasteiger partial charge in [-0.2, -0.15) is 14.9 Å². The number of rotatable bonds is 7. The second-order valence-electron chi connectivity index (χ2n) is 7.82. The molecule has 0 spiro atoms. The third kappa shape index (κ3) is 4.11. The molecule has 4 aromatic rings. The van der Waals surface area contributed by atoms with Crippen molar-refractivity contribution in [3.05, 3.63) is 79.3 Å². The molecule has 0 saturated carbocycles. The molecule has 0 atom stereocenters. The van der Waals surface area contributed by atoms with Crippen molar-refractivity contribution < 1.29 is 4.92 Å². The SMILES string of the molecule is Cc1ccc(Cn2nc(C)c(-n3c(CCn4nc([N+](=O)[O-])cc4C)n[nH]c3=S)c2C)cc1. The zero-order valence-corrected chi connectivity index (χ0v) is 19.2. The van der Waals surface area contributed by atoms with Crippen molar-refractivity contribution in [3.8, 4) is 5.69 Å². The van der Waals surface area contributed by atoms with E-state index in [2.05, 4.69) is 46.5 Å². The van der Waals surface area contributed by atoms with E-state index in [4.69, 9.17) is 17.3 Å². The van der Waals surface area contributed by atoms with Crippen LogP contribution in [0.15, 0.2) is 30.3 Å². The van der Waals surface area contributed by atoms with Gasteiger partial charge in [-0.25, -0.2) is 0 Å². The van der Waals surface area contributed by atoms with Gasteiger partial charge in [0.1, 0.15) is 5.82 Å². The average Bonchev–Trinajstić information content (AvgIpc) is 3.38. The van der Waals surface area contributed by atoms with Crippen LogP contribution in [0.3, 0.4) is 0 Å². The number of aromatic amines is 1. The van der Waals surface area contributed by atoms with Gasteiger partial charge in [-0.1, -0.05) is 29.8 Å². The Bertz CT molecular complexity index is 1340. The fourth-order valence-electron chi connectivity index (χ4n) is 3.77. The maximum Gasteiger partial charge on any atom is 0.390 e. The first-order valence-corrected chi connectivity index (χ1v) is 10.6. The van der Waals surface area contributed by atoms with E-state index in [1.165, 1.54) is 17.2 Å². The van der Waals surface area contributed by atoms with Crippen LogP contribution in [0.5, 0.6) is 0 Å². The summed E-state index contributed by atoms with van der Waals surface area (Å²) in [6.45, 7) is 8.92. The number of nitrogens with zero attached hydrogens (tertiary/aromatic N) is 7. The van der Waals surface area contributed by atoms with Gasteiger partial charge in [0.15, 0.2) is 4.77 Å². The average molecular weight is 453 g/mol. The first-order chi connectivity index (χ1) is 15.2. The summed E-state index contributed by atoms with van der Waals surface area (Å²) in [4.78, 5) is 10.5. The minimum atomic E-state index is -0.491. The highest BCUT2D eigenvalue weighted by Crippen LogP contribution is 2.22. The number of nitro groups is 1. The number of benzene rings is 1. The van der Waals surface area contributed by atoms with Gasteiger partial charge in [-0.05, 0) is 50.4 Å². The predicted molar refractivity (Wildman–Crippen MR) is 122 cm³/mol. The van der Waals surface area contributed by atoms with Crippen LogP contribution in [0.1, 0.15) is 34.0 Å². The van der Waals surface area contributed by atoms with Crippen LogP contribution in [0.2, 0.25) is 0 Å². The fourth-order valence-corrected chi connectivity index (χ4v) is 4.02. The van der Waals surface area contributed by atoms with E-state index in [-0.39, 0.29) is 5.82 Å². The molecule has 1 aromatic carbocycles. The Hall–Kier alpha value is -3.60. The van der Waals surface area contributed by atoms with Crippen LogP contribution >= 0.6 is 12.2 Å².